The Morgan fingerprint density at radius 1 is 1.11 bits per heavy atom. The van der Waals surface area contributed by atoms with Gasteiger partial charge in [-0.1, -0.05) is 6.07 Å². The number of pyridine rings is 1. The first kappa shape index (κ1) is 12.2. The van der Waals surface area contributed by atoms with Gasteiger partial charge in [0.05, 0.1) is 16.8 Å². The first-order chi connectivity index (χ1) is 8.39. The highest BCUT2D eigenvalue weighted by Crippen LogP contribution is 2.39. The molecule has 1 saturated heterocycles. The maximum atomic E-state index is 6.02. The second-order valence-electron chi connectivity index (χ2n) is 6.35. The molecule has 0 aromatic carbocycles. The van der Waals surface area contributed by atoms with Gasteiger partial charge in [-0.25, -0.2) is 0 Å². The molecule has 0 spiro atoms. The monoisotopic (exact) mass is 245 g/mol. The van der Waals surface area contributed by atoms with Crippen molar-refractivity contribution in [3.05, 3.63) is 23.9 Å². The highest BCUT2D eigenvalue weighted by molar-refractivity contribution is 6.61. The fraction of sp³-hybridized carbons (Fsp3) is 0.643. The molecule has 0 amide bonds. The van der Waals surface area contributed by atoms with Gasteiger partial charge < -0.3 is 9.31 Å². The lowest BCUT2D eigenvalue weighted by atomic mass is 9.84. The third-order valence-electron chi connectivity index (χ3n) is 4.28. The van der Waals surface area contributed by atoms with Crippen molar-refractivity contribution in [3.8, 4) is 0 Å². The Bertz CT molecular complexity index is 453. The zero-order chi connectivity index (χ0) is 13.0. The highest BCUT2D eigenvalue weighted by atomic mass is 16.7. The van der Waals surface area contributed by atoms with E-state index in [1.807, 2.05) is 6.07 Å². The van der Waals surface area contributed by atoms with Crippen LogP contribution in [-0.4, -0.2) is 23.3 Å². The summed E-state index contributed by atoms with van der Waals surface area (Å²) >= 11 is 0. The van der Waals surface area contributed by atoms with Crippen LogP contribution in [0.4, 0.5) is 0 Å². The molecule has 1 saturated carbocycles. The molecular formula is C14H20BNO2. The molecule has 0 unspecified atom stereocenters. The summed E-state index contributed by atoms with van der Waals surface area (Å²) in [5, 5.41) is 0. The van der Waals surface area contributed by atoms with Gasteiger partial charge >= 0.3 is 7.12 Å². The van der Waals surface area contributed by atoms with E-state index in [2.05, 4.69) is 39.8 Å². The highest BCUT2D eigenvalue weighted by Gasteiger charge is 2.52. The number of aromatic nitrogens is 1. The van der Waals surface area contributed by atoms with Gasteiger partial charge in [0.2, 0.25) is 0 Å². The van der Waals surface area contributed by atoms with Gasteiger partial charge in [0, 0.05) is 11.6 Å². The molecule has 1 aliphatic heterocycles. The molecular weight excluding hydrogens is 225 g/mol. The van der Waals surface area contributed by atoms with Crippen molar-refractivity contribution in [2.75, 3.05) is 0 Å². The summed E-state index contributed by atoms with van der Waals surface area (Å²) in [5.74, 6) is 0.660. The third-order valence-corrected chi connectivity index (χ3v) is 4.28. The van der Waals surface area contributed by atoms with Crippen LogP contribution in [0, 0.1) is 0 Å². The van der Waals surface area contributed by atoms with Gasteiger partial charge in [0.25, 0.3) is 0 Å². The minimum absolute atomic E-state index is 0.297. The minimum atomic E-state index is -0.339. The quantitative estimate of drug-likeness (QED) is 0.749. The summed E-state index contributed by atoms with van der Waals surface area (Å²) in [6, 6.07) is 6.15. The Morgan fingerprint density at radius 2 is 1.72 bits per heavy atom. The van der Waals surface area contributed by atoms with Gasteiger partial charge in [0.15, 0.2) is 0 Å². The van der Waals surface area contributed by atoms with Crippen LogP contribution in [0.25, 0.3) is 0 Å². The predicted octanol–water partition coefficient (Wildman–Crippen LogP) is 2.26. The van der Waals surface area contributed by atoms with Crippen LogP contribution < -0.4 is 5.59 Å². The lowest BCUT2D eigenvalue weighted by Crippen LogP contribution is -2.41. The zero-order valence-electron chi connectivity index (χ0n) is 11.6. The average Bonchev–Trinajstić information content (AvgIpc) is 3.08. The second kappa shape index (κ2) is 3.81. The summed E-state index contributed by atoms with van der Waals surface area (Å²) in [4.78, 5) is 4.70. The van der Waals surface area contributed by atoms with Crippen LogP contribution in [0.15, 0.2) is 18.2 Å². The van der Waals surface area contributed by atoms with E-state index in [4.69, 9.17) is 14.3 Å². The van der Waals surface area contributed by atoms with E-state index in [1.165, 1.54) is 18.5 Å². The van der Waals surface area contributed by atoms with Crippen LogP contribution in [0.2, 0.25) is 0 Å². The van der Waals surface area contributed by atoms with E-state index >= 15 is 0 Å². The molecule has 1 aromatic rings. The van der Waals surface area contributed by atoms with Crippen molar-refractivity contribution in [1.82, 2.24) is 4.98 Å². The van der Waals surface area contributed by atoms with E-state index in [0.29, 0.717) is 5.92 Å². The standard InChI is InChI=1S/C14H20BNO2/c1-13(2)14(3,4)18-15(17-13)12-7-5-6-11(16-12)10-8-9-10/h5-7,10H,8-9H2,1-4H3. The number of nitrogens with zero attached hydrogens (tertiary/aromatic N) is 1. The molecule has 2 aliphatic rings. The topological polar surface area (TPSA) is 31.4 Å². The van der Waals surface area contributed by atoms with Crippen molar-refractivity contribution < 1.29 is 9.31 Å². The van der Waals surface area contributed by atoms with Crippen molar-refractivity contribution in [3.63, 3.8) is 0 Å². The number of rotatable bonds is 2. The fourth-order valence-electron chi connectivity index (χ4n) is 2.17. The molecule has 4 heteroatoms. The Morgan fingerprint density at radius 3 is 2.28 bits per heavy atom. The largest absolute Gasteiger partial charge is 0.514 e. The lowest BCUT2D eigenvalue weighted by Gasteiger charge is -2.32. The van der Waals surface area contributed by atoms with Crippen LogP contribution in [0.5, 0.6) is 0 Å². The third kappa shape index (κ3) is 1.97. The molecule has 3 rings (SSSR count). The molecule has 2 heterocycles. The Balaban J connectivity index is 1.86. The molecule has 1 aromatic heterocycles. The van der Waals surface area contributed by atoms with E-state index in [1.54, 1.807) is 0 Å². The maximum Gasteiger partial charge on any atom is 0.514 e. The maximum absolute atomic E-state index is 6.02. The number of hydrogen-bond donors (Lipinski definition) is 0. The minimum Gasteiger partial charge on any atom is -0.398 e. The molecule has 0 bridgehead atoms. The van der Waals surface area contributed by atoms with Crippen LogP contribution in [-0.2, 0) is 9.31 Å². The Hall–Kier alpha value is -0.865. The summed E-state index contributed by atoms with van der Waals surface area (Å²) in [6.45, 7) is 8.27. The van der Waals surface area contributed by atoms with Gasteiger partial charge in [-0.3, -0.25) is 4.98 Å². The van der Waals surface area contributed by atoms with Crippen LogP contribution >= 0.6 is 0 Å². The Labute approximate surface area is 109 Å². The van der Waals surface area contributed by atoms with E-state index in [9.17, 15) is 0 Å². The van der Waals surface area contributed by atoms with E-state index < -0.39 is 0 Å². The molecule has 3 nitrogen and oxygen atoms in total. The molecule has 96 valence electrons. The number of hydrogen-bond acceptors (Lipinski definition) is 3. The Kier molecular flexibility index (Phi) is 2.58. The van der Waals surface area contributed by atoms with Crippen molar-refractivity contribution in [2.45, 2.75) is 57.7 Å². The molecule has 2 fully saturated rings. The molecule has 18 heavy (non-hydrogen) atoms. The van der Waals surface area contributed by atoms with Crippen molar-refractivity contribution in [1.29, 1.82) is 0 Å². The molecule has 0 atom stereocenters. The average molecular weight is 245 g/mol. The summed E-state index contributed by atoms with van der Waals surface area (Å²) in [5.41, 5.74) is 1.49. The first-order valence-electron chi connectivity index (χ1n) is 6.71. The fourth-order valence-corrected chi connectivity index (χ4v) is 2.17. The van der Waals surface area contributed by atoms with Crippen molar-refractivity contribution >= 4 is 12.7 Å². The summed E-state index contributed by atoms with van der Waals surface area (Å²) < 4.78 is 12.0. The molecule has 1 aliphatic carbocycles. The predicted molar refractivity (Wildman–Crippen MR) is 71.9 cm³/mol. The SMILES string of the molecule is CC1(C)OB(c2cccc(C3CC3)n2)OC1(C)C. The lowest BCUT2D eigenvalue weighted by molar-refractivity contribution is 0.00578. The first-order valence-corrected chi connectivity index (χ1v) is 6.71. The van der Waals surface area contributed by atoms with Gasteiger partial charge in [-0.05, 0) is 52.7 Å². The summed E-state index contributed by atoms with van der Waals surface area (Å²) in [6.07, 6.45) is 2.53. The van der Waals surface area contributed by atoms with Crippen molar-refractivity contribution in [2.24, 2.45) is 0 Å². The van der Waals surface area contributed by atoms with E-state index in [0.717, 1.165) is 5.59 Å². The van der Waals surface area contributed by atoms with Crippen LogP contribution in [0.1, 0.15) is 52.1 Å². The zero-order valence-corrected chi connectivity index (χ0v) is 11.6. The van der Waals surface area contributed by atoms with Gasteiger partial charge in [-0.15, -0.1) is 0 Å². The van der Waals surface area contributed by atoms with Crippen LogP contribution in [0.3, 0.4) is 0 Å². The molecule has 0 radical (unpaired) electrons. The normalized spacial score (nSPS) is 25.4. The smallest absolute Gasteiger partial charge is 0.398 e. The van der Waals surface area contributed by atoms with E-state index in [-0.39, 0.29) is 18.3 Å². The second-order valence-corrected chi connectivity index (χ2v) is 6.35. The van der Waals surface area contributed by atoms with Gasteiger partial charge in [-0.2, -0.15) is 0 Å². The van der Waals surface area contributed by atoms with Gasteiger partial charge in [0.1, 0.15) is 0 Å². The molecule has 0 N–H and O–H groups in total. The summed E-state index contributed by atoms with van der Waals surface area (Å²) in [7, 11) is -0.339.